The molecule has 1 atom stereocenters. The fourth-order valence-electron chi connectivity index (χ4n) is 3.44. The van der Waals surface area contributed by atoms with Gasteiger partial charge >= 0.3 is 0 Å². The van der Waals surface area contributed by atoms with Gasteiger partial charge in [-0.05, 0) is 61.3 Å². The van der Waals surface area contributed by atoms with Crippen LogP contribution in [0.4, 0.5) is 5.69 Å². The second-order valence-corrected chi connectivity index (χ2v) is 7.66. The molecule has 1 heterocycles. The van der Waals surface area contributed by atoms with Gasteiger partial charge in [-0.2, -0.15) is 0 Å². The van der Waals surface area contributed by atoms with Crippen molar-refractivity contribution in [2.24, 2.45) is 17.1 Å². The van der Waals surface area contributed by atoms with Crippen molar-refractivity contribution in [3.8, 4) is 0 Å². The zero-order valence-electron chi connectivity index (χ0n) is 13.7. The summed E-state index contributed by atoms with van der Waals surface area (Å²) in [4.78, 5) is 2.52. The topological polar surface area (TPSA) is 29.3 Å². The number of benzene rings is 1. The first-order valence-corrected chi connectivity index (χ1v) is 8.53. The first-order valence-electron chi connectivity index (χ1n) is 8.16. The van der Waals surface area contributed by atoms with Gasteiger partial charge < -0.3 is 10.6 Å². The molecule has 0 amide bonds. The molecule has 1 aromatic carbocycles. The average molecular weight is 309 g/mol. The van der Waals surface area contributed by atoms with Crippen molar-refractivity contribution in [1.82, 2.24) is 0 Å². The van der Waals surface area contributed by atoms with E-state index in [0.717, 1.165) is 30.5 Å². The Morgan fingerprint density at radius 1 is 1.24 bits per heavy atom. The lowest BCUT2D eigenvalue weighted by Crippen LogP contribution is -2.27. The number of nitrogens with zero attached hydrogens (tertiary/aromatic N) is 1. The highest BCUT2D eigenvalue weighted by molar-refractivity contribution is 6.31. The third kappa shape index (κ3) is 4.14. The van der Waals surface area contributed by atoms with Gasteiger partial charge in [0.1, 0.15) is 0 Å². The fourth-order valence-corrected chi connectivity index (χ4v) is 3.70. The van der Waals surface area contributed by atoms with E-state index in [1.54, 1.807) is 0 Å². The molecule has 0 bridgehead atoms. The second kappa shape index (κ2) is 7.02. The maximum atomic E-state index is 6.39. The lowest BCUT2D eigenvalue weighted by Gasteiger charge is -2.30. The molecule has 1 aliphatic heterocycles. The van der Waals surface area contributed by atoms with Gasteiger partial charge in [0.05, 0.1) is 0 Å². The number of nitrogens with two attached hydrogens (primary N) is 1. The third-order valence-electron chi connectivity index (χ3n) is 4.78. The van der Waals surface area contributed by atoms with Crippen LogP contribution in [-0.4, -0.2) is 19.6 Å². The third-order valence-corrected chi connectivity index (χ3v) is 5.14. The molecule has 0 aromatic heterocycles. The maximum Gasteiger partial charge on any atom is 0.0459 e. The monoisotopic (exact) mass is 308 g/mol. The quantitative estimate of drug-likeness (QED) is 0.891. The molecule has 1 aliphatic rings. The summed E-state index contributed by atoms with van der Waals surface area (Å²) in [5.41, 5.74) is 8.68. The molecule has 1 fully saturated rings. The normalized spacial score (nSPS) is 20.4. The van der Waals surface area contributed by atoms with E-state index in [4.69, 9.17) is 17.3 Å². The number of rotatable bonds is 3. The van der Waals surface area contributed by atoms with E-state index in [9.17, 15) is 0 Å². The number of hydrogen-bond acceptors (Lipinski definition) is 2. The molecular formula is C18H29ClN2. The van der Waals surface area contributed by atoms with E-state index in [1.807, 2.05) is 6.07 Å². The maximum absolute atomic E-state index is 6.39. The van der Waals surface area contributed by atoms with Gasteiger partial charge in [0, 0.05) is 23.8 Å². The largest absolute Gasteiger partial charge is 0.371 e. The van der Waals surface area contributed by atoms with Crippen LogP contribution in [0.1, 0.15) is 45.6 Å². The molecule has 21 heavy (non-hydrogen) atoms. The minimum Gasteiger partial charge on any atom is -0.371 e. The predicted molar refractivity (Wildman–Crippen MR) is 93.2 cm³/mol. The standard InChI is InChI=1S/C18H29ClN2/c1-18(2,3)14-6-5-12-21(13-10-14)17-8-4-7-16(19)15(17)9-11-20/h4,7-8,14H,5-6,9-13,20H2,1-3H3. The average Bonchev–Trinajstić information content (AvgIpc) is 2.66. The van der Waals surface area contributed by atoms with Crippen molar-refractivity contribution in [2.45, 2.75) is 46.5 Å². The van der Waals surface area contributed by atoms with Gasteiger partial charge in [-0.3, -0.25) is 0 Å². The highest BCUT2D eigenvalue weighted by atomic mass is 35.5. The van der Waals surface area contributed by atoms with E-state index >= 15 is 0 Å². The molecule has 2 N–H and O–H groups in total. The Balaban J connectivity index is 2.18. The molecule has 0 spiro atoms. The van der Waals surface area contributed by atoms with Crippen molar-refractivity contribution >= 4 is 17.3 Å². The fraction of sp³-hybridized carbons (Fsp3) is 0.667. The van der Waals surface area contributed by atoms with Gasteiger partial charge in [-0.25, -0.2) is 0 Å². The molecule has 0 aliphatic carbocycles. The van der Waals surface area contributed by atoms with Crippen molar-refractivity contribution in [3.05, 3.63) is 28.8 Å². The predicted octanol–water partition coefficient (Wildman–Crippen LogP) is 4.49. The van der Waals surface area contributed by atoms with Crippen LogP contribution in [-0.2, 0) is 6.42 Å². The van der Waals surface area contributed by atoms with Gasteiger partial charge in [-0.15, -0.1) is 0 Å². The Kier molecular flexibility index (Phi) is 5.56. The molecule has 1 aromatic rings. The van der Waals surface area contributed by atoms with E-state index in [1.165, 1.54) is 30.5 Å². The van der Waals surface area contributed by atoms with Crippen molar-refractivity contribution in [1.29, 1.82) is 0 Å². The van der Waals surface area contributed by atoms with Gasteiger partial charge in [0.15, 0.2) is 0 Å². The van der Waals surface area contributed by atoms with E-state index in [0.29, 0.717) is 12.0 Å². The van der Waals surface area contributed by atoms with E-state index in [2.05, 4.69) is 37.8 Å². The molecule has 0 saturated carbocycles. The smallest absolute Gasteiger partial charge is 0.0459 e. The zero-order valence-corrected chi connectivity index (χ0v) is 14.4. The highest BCUT2D eigenvalue weighted by Crippen LogP contribution is 2.36. The minimum atomic E-state index is 0.407. The summed E-state index contributed by atoms with van der Waals surface area (Å²) in [6.45, 7) is 10.0. The van der Waals surface area contributed by atoms with Crippen LogP contribution in [0.3, 0.4) is 0 Å². The summed E-state index contributed by atoms with van der Waals surface area (Å²) >= 11 is 6.39. The van der Waals surface area contributed by atoms with E-state index < -0.39 is 0 Å². The molecule has 3 heteroatoms. The molecule has 2 nitrogen and oxygen atoms in total. The Labute approximate surface area is 134 Å². The van der Waals surface area contributed by atoms with Crippen LogP contribution in [0.2, 0.25) is 5.02 Å². The van der Waals surface area contributed by atoms with Crippen LogP contribution in [0, 0.1) is 11.3 Å². The summed E-state index contributed by atoms with van der Waals surface area (Å²) in [5, 5.41) is 0.856. The Morgan fingerprint density at radius 3 is 2.67 bits per heavy atom. The first kappa shape index (κ1) is 16.6. The van der Waals surface area contributed by atoms with E-state index in [-0.39, 0.29) is 0 Å². The first-order chi connectivity index (χ1) is 9.93. The van der Waals surface area contributed by atoms with Crippen molar-refractivity contribution in [3.63, 3.8) is 0 Å². The number of hydrogen-bond donors (Lipinski definition) is 1. The van der Waals surface area contributed by atoms with Gasteiger partial charge in [0.25, 0.3) is 0 Å². The molecule has 1 unspecified atom stereocenters. The van der Waals surface area contributed by atoms with Crippen LogP contribution < -0.4 is 10.6 Å². The molecule has 118 valence electrons. The lowest BCUT2D eigenvalue weighted by molar-refractivity contribution is 0.220. The summed E-state index contributed by atoms with van der Waals surface area (Å²) in [6, 6.07) is 6.24. The Bertz CT molecular complexity index is 465. The number of halogens is 1. The van der Waals surface area contributed by atoms with Gasteiger partial charge in [-0.1, -0.05) is 38.4 Å². The summed E-state index contributed by atoms with van der Waals surface area (Å²) in [5.74, 6) is 0.805. The summed E-state index contributed by atoms with van der Waals surface area (Å²) < 4.78 is 0. The molecule has 2 rings (SSSR count). The molecular weight excluding hydrogens is 280 g/mol. The number of anilines is 1. The molecule has 0 radical (unpaired) electrons. The van der Waals surface area contributed by atoms with Crippen LogP contribution in [0.5, 0.6) is 0 Å². The lowest BCUT2D eigenvalue weighted by atomic mass is 9.77. The Morgan fingerprint density at radius 2 is 2.00 bits per heavy atom. The minimum absolute atomic E-state index is 0.407. The summed E-state index contributed by atoms with van der Waals surface area (Å²) in [6.07, 6.45) is 4.70. The van der Waals surface area contributed by atoms with Gasteiger partial charge in [0.2, 0.25) is 0 Å². The summed E-state index contributed by atoms with van der Waals surface area (Å²) in [7, 11) is 0. The molecule has 1 saturated heterocycles. The zero-order chi connectivity index (χ0) is 15.5. The Hall–Kier alpha value is -0.730. The van der Waals surface area contributed by atoms with Crippen molar-refractivity contribution < 1.29 is 0 Å². The van der Waals surface area contributed by atoms with Crippen LogP contribution >= 0.6 is 11.6 Å². The van der Waals surface area contributed by atoms with Crippen LogP contribution in [0.25, 0.3) is 0 Å². The van der Waals surface area contributed by atoms with Crippen LogP contribution in [0.15, 0.2) is 18.2 Å². The SMILES string of the molecule is CC(C)(C)C1CCCN(c2cccc(Cl)c2CCN)CC1. The van der Waals surface area contributed by atoms with Crippen molar-refractivity contribution in [2.75, 3.05) is 24.5 Å². The highest BCUT2D eigenvalue weighted by Gasteiger charge is 2.27. The second-order valence-electron chi connectivity index (χ2n) is 7.26.